The highest BCUT2D eigenvalue weighted by Crippen LogP contribution is 1.65. The summed E-state index contributed by atoms with van der Waals surface area (Å²) in [5.74, 6) is 0. The van der Waals surface area contributed by atoms with Crippen molar-refractivity contribution in [3.05, 3.63) is 0 Å². The first-order valence-corrected chi connectivity index (χ1v) is 3.03. The summed E-state index contributed by atoms with van der Waals surface area (Å²) in [5.41, 5.74) is 5.16. The Morgan fingerprint density at radius 1 is 1.38 bits per heavy atom. The van der Waals surface area contributed by atoms with Crippen LogP contribution in [0.3, 0.4) is 0 Å². The van der Waals surface area contributed by atoms with Crippen molar-refractivity contribution < 1.29 is 0 Å². The maximum atomic E-state index is 5.16. The van der Waals surface area contributed by atoms with Crippen LogP contribution >= 0.6 is 0 Å². The molecule has 0 amide bonds. The van der Waals surface area contributed by atoms with Crippen molar-refractivity contribution in [2.75, 3.05) is 19.9 Å². The summed E-state index contributed by atoms with van der Waals surface area (Å²) in [4.78, 5) is 0. The second-order valence-corrected chi connectivity index (χ2v) is 1.63. The van der Waals surface area contributed by atoms with E-state index in [1.165, 1.54) is 6.42 Å². The normalized spacial score (nSPS) is 9.75. The van der Waals surface area contributed by atoms with Gasteiger partial charge < -0.3 is 11.1 Å². The van der Waals surface area contributed by atoms with Crippen molar-refractivity contribution in [1.29, 1.82) is 0 Å². The van der Waals surface area contributed by atoms with Crippen molar-refractivity contribution in [3.63, 3.8) is 0 Å². The molecule has 0 aromatic rings. The molecule has 0 aromatic carbocycles. The summed E-state index contributed by atoms with van der Waals surface area (Å²) >= 11 is 0. The second-order valence-electron chi connectivity index (χ2n) is 1.63. The smallest absolute Gasteiger partial charge is 0.0464 e. The van der Waals surface area contributed by atoms with E-state index in [0.717, 1.165) is 13.2 Å². The predicted octanol–water partition coefficient (Wildman–Crippen LogP) is -0.551. The molecule has 0 fully saturated rings. The first-order chi connectivity index (χ1) is 3.91. The van der Waals surface area contributed by atoms with Crippen molar-refractivity contribution in [2.45, 2.75) is 13.3 Å². The summed E-state index contributed by atoms with van der Waals surface area (Å²) in [6.45, 7) is 4.57. The zero-order valence-electron chi connectivity index (χ0n) is 5.41. The topological polar surface area (TPSA) is 50.1 Å². The molecule has 0 spiro atoms. The molecule has 3 heteroatoms. The third kappa shape index (κ3) is 5.88. The highest BCUT2D eigenvalue weighted by Gasteiger charge is 1.78. The minimum absolute atomic E-state index is 0.552. The molecule has 0 atom stereocenters. The Morgan fingerprint density at radius 3 is 2.62 bits per heavy atom. The van der Waals surface area contributed by atoms with Crippen LogP contribution in [0.5, 0.6) is 0 Å². The highest BCUT2D eigenvalue weighted by molar-refractivity contribution is 4.39. The van der Waals surface area contributed by atoms with Gasteiger partial charge in [-0.05, 0) is 13.0 Å². The van der Waals surface area contributed by atoms with Crippen molar-refractivity contribution in [2.24, 2.45) is 5.73 Å². The van der Waals surface area contributed by atoms with E-state index in [9.17, 15) is 0 Å². The van der Waals surface area contributed by atoms with Gasteiger partial charge in [-0.15, -0.1) is 0 Å². The Bertz CT molecular complexity index is 32.7. The molecule has 3 nitrogen and oxygen atoms in total. The summed E-state index contributed by atoms with van der Waals surface area (Å²) in [6, 6.07) is 0. The average Bonchev–Trinajstić information content (AvgIpc) is 1.81. The predicted molar refractivity (Wildman–Crippen MR) is 35.4 cm³/mol. The van der Waals surface area contributed by atoms with E-state index in [-0.39, 0.29) is 0 Å². The monoisotopic (exact) mass is 117 g/mol. The molecule has 0 unspecified atom stereocenters. The van der Waals surface area contributed by atoms with E-state index >= 15 is 0 Å². The molecule has 0 bridgehead atoms. The molecule has 0 aliphatic heterocycles. The van der Waals surface area contributed by atoms with Gasteiger partial charge >= 0.3 is 0 Å². The van der Waals surface area contributed by atoms with E-state index in [4.69, 9.17) is 5.73 Å². The van der Waals surface area contributed by atoms with Gasteiger partial charge in [0.15, 0.2) is 0 Å². The number of nitrogens with two attached hydrogens (primary N) is 1. The maximum absolute atomic E-state index is 5.16. The van der Waals surface area contributed by atoms with Crippen LogP contribution in [0.1, 0.15) is 13.3 Å². The number of nitrogens with one attached hydrogen (secondary N) is 2. The lowest BCUT2D eigenvalue weighted by Gasteiger charge is -2.00. The third-order valence-electron chi connectivity index (χ3n) is 0.821. The van der Waals surface area contributed by atoms with Gasteiger partial charge in [0.1, 0.15) is 0 Å². The molecular weight excluding hydrogens is 102 g/mol. The maximum Gasteiger partial charge on any atom is 0.0464 e. The lowest BCUT2D eigenvalue weighted by molar-refractivity contribution is 0.587. The Kier molecular flexibility index (Phi) is 6.78. The van der Waals surface area contributed by atoms with Gasteiger partial charge in [0.2, 0.25) is 0 Å². The fourth-order valence-corrected chi connectivity index (χ4v) is 0.426. The lowest BCUT2D eigenvalue weighted by atomic mass is 10.5. The Labute approximate surface area is 50.6 Å². The van der Waals surface area contributed by atoms with Gasteiger partial charge in [0, 0.05) is 13.3 Å². The summed E-state index contributed by atoms with van der Waals surface area (Å²) in [6.07, 6.45) is 1.17. The Hall–Kier alpha value is -0.120. The van der Waals surface area contributed by atoms with E-state index in [0.29, 0.717) is 6.67 Å². The largest absolute Gasteiger partial charge is 0.318 e. The molecule has 8 heavy (non-hydrogen) atoms. The molecule has 50 valence electrons. The average molecular weight is 117 g/mol. The molecule has 0 aliphatic carbocycles. The third-order valence-corrected chi connectivity index (χ3v) is 0.821. The van der Waals surface area contributed by atoms with Crippen molar-refractivity contribution in [1.82, 2.24) is 10.6 Å². The highest BCUT2D eigenvalue weighted by atomic mass is 15.1. The van der Waals surface area contributed by atoms with E-state index < -0.39 is 0 Å². The van der Waals surface area contributed by atoms with Gasteiger partial charge in [-0.25, -0.2) is 0 Å². The Morgan fingerprint density at radius 2 is 2.12 bits per heavy atom. The number of hydrogen-bond donors (Lipinski definition) is 3. The van der Waals surface area contributed by atoms with Crippen LogP contribution in [0.4, 0.5) is 0 Å². The zero-order chi connectivity index (χ0) is 6.24. The van der Waals surface area contributed by atoms with Gasteiger partial charge in [0.25, 0.3) is 0 Å². The molecule has 0 aliphatic rings. The van der Waals surface area contributed by atoms with Crippen LogP contribution in [0.25, 0.3) is 0 Å². The van der Waals surface area contributed by atoms with Gasteiger partial charge in [-0.2, -0.15) is 0 Å². The van der Waals surface area contributed by atoms with Crippen LogP contribution in [-0.4, -0.2) is 19.9 Å². The second kappa shape index (κ2) is 6.88. The van der Waals surface area contributed by atoms with E-state index in [2.05, 4.69) is 17.6 Å². The number of rotatable bonds is 5. The van der Waals surface area contributed by atoms with Gasteiger partial charge in [-0.1, -0.05) is 6.92 Å². The zero-order valence-corrected chi connectivity index (χ0v) is 5.41. The lowest BCUT2D eigenvalue weighted by Crippen LogP contribution is -2.33. The SMILES string of the molecule is CCCNCNCN. The van der Waals surface area contributed by atoms with E-state index in [1.807, 2.05) is 0 Å². The minimum atomic E-state index is 0.552. The molecule has 0 rings (SSSR count). The molecule has 0 saturated carbocycles. The van der Waals surface area contributed by atoms with Crippen LogP contribution < -0.4 is 16.4 Å². The molecule has 0 radical (unpaired) electrons. The minimum Gasteiger partial charge on any atom is -0.318 e. The summed E-state index contributed by atoms with van der Waals surface area (Å²) < 4.78 is 0. The quantitative estimate of drug-likeness (QED) is 0.334. The fraction of sp³-hybridized carbons (Fsp3) is 1.00. The van der Waals surface area contributed by atoms with Gasteiger partial charge in [0.05, 0.1) is 0 Å². The molecule has 0 saturated heterocycles. The fourth-order valence-electron chi connectivity index (χ4n) is 0.426. The summed E-state index contributed by atoms with van der Waals surface area (Å²) in [7, 11) is 0. The molecule has 0 heterocycles. The number of hydrogen-bond acceptors (Lipinski definition) is 3. The van der Waals surface area contributed by atoms with Crippen LogP contribution in [-0.2, 0) is 0 Å². The molecular formula is C5H15N3. The molecule has 4 N–H and O–H groups in total. The Balaban J connectivity index is 2.53. The first-order valence-electron chi connectivity index (χ1n) is 3.03. The van der Waals surface area contributed by atoms with Crippen molar-refractivity contribution in [3.8, 4) is 0 Å². The van der Waals surface area contributed by atoms with Crippen LogP contribution in [0.15, 0.2) is 0 Å². The van der Waals surface area contributed by atoms with Crippen LogP contribution in [0.2, 0.25) is 0 Å². The molecule has 0 aromatic heterocycles. The van der Waals surface area contributed by atoms with Crippen LogP contribution in [0, 0.1) is 0 Å². The summed E-state index contributed by atoms with van der Waals surface area (Å²) in [5, 5.41) is 6.09. The standard InChI is InChI=1S/C5H15N3/c1-2-3-7-5-8-4-6/h7-8H,2-6H2,1H3. The first kappa shape index (κ1) is 7.88. The van der Waals surface area contributed by atoms with Crippen molar-refractivity contribution >= 4 is 0 Å². The van der Waals surface area contributed by atoms with E-state index in [1.54, 1.807) is 0 Å². The van der Waals surface area contributed by atoms with Gasteiger partial charge in [-0.3, -0.25) is 5.32 Å².